The number of hydrogen-bond donors (Lipinski definition) is 1. The van der Waals surface area contributed by atoms with Gasteiger partial charge in [0.25, 0.3) is 10.0 Å². The molecule has 5 nitrogen and oxygen atoms in total. The first-order valence-corrected chi connectivity index (χ1v) is 12.1. The number of nitrogens with zero attached hydrogens (tertiary/aromatic N) is 1. The van der Waals surface area contributed by atoms with Gasteiger partial charge in [-0.2, -0.15) is 0 Å². The summed E-state index contributed by atoms with van der Waals surface area (Å²) in [7, 11) is -3.98. The van der Waals surface area contributed by atoms with Crippen molar-refractivity contribution in [2.24, 2.45) is 0 Å². The average molecular weight is 471 g/mol. The second-order valence-corrected chi connectivity index (χ2v) is 10.3. The van der Waals surface area contributed by atoms with Crippen LogP contribution in [0.15, 0.2) is 71.6 Å². The molecule has 0 bridgehead atoms. The lowest BCUT2D eigenvalue weighted by molar-refractivity contribution is -0.120. The summed E-state index contributed by atoms with van der Waals surface area (Å²) in [6.07, 6.45) is 0. The van der Waals surface area contributed by atoms with Crippen molar-refractivity contribution in [3.63, 3.8) is 0 Å². The lowest BCUT2D eigenvalue weighted by atomic mass is 10.0. The molecule has 0 fully saturated rings. The molecule has 32 heavy (non-hydrogen) atoms. The minimum absolute atomic E-state index is 0.110. The van der Waals surface area contributed by atoms with Gasteiger partial charge in [0.1, 0.15) is 6.54 Å². The van der Waals surface area contributed by atoms with E-state index < -0.39 is 15.9 Å². The summed E-state index contributed by atoms with van der Waals surface area (Å²) in [6.45, 7) is 7.40. The number of hydrogen-bond acceptors (Lipinski definition) is 3. The van der Waals surface area contributed by atoms with Crippen LogP contribution in [-0.2, 0) is 14.8 Å². The highest BCUT2D eigenvalue weighted by molar-refractivity contribution is 7.92. The van der Waals surface area contributed by atoms with E-state index in [0.717, 1.165) is 26.6 Å². The van der Waals surface area contributed by atoms with Gasteiger partial charge in [-0.25, -0.2) is 8.42 Å². The topological polar surface area (TPSA) is 66.5 Å². The predicted octanol–water partition coefficient (Wildman–Crippen LogP) is 5.34. The number of aryl methyl sites for hydroxylation is 3. The first kappa shape index (κ1) is 23.8. The SMILES string of the molecule is Cc1ccc(S(=O)(=O)N(CC(=O)N[C@H](C)c2ccc(C)cc2C)c2cccc(Cl)c2)cc1. The van der Waals surface area contributed by atoms with Gasteiger partial charge in [0.2, 0.25) is 5.91 Å². The van der Waals surface area contributed by atoms with Crippen LogP contribution in [0.4, 0.5) is 5.69 Å². The Balaban J connectivity index is 1.90. The minimum atomic E-state index is -3.98. The van der Waals surface area contributed by atoms with Gasteiger partial charge in [-0.3, -0.25) is 9.10 Å². The van der Waals surface area contributed by atoms with Gasteiger partial charge in [-0.05, 0) is 69.2 Å². The molecule has 0 aliphatic carbocycles. The highest BCUT2D eigenvalue weighted by atomic mass is 35.5. The van der Waals surface area contributed by atoms with Crippen LogP contribution in [0, 0.1) is 20.8 Å². The Labute approximate surface area is 195 Å². The van der Waals surface area contributed by atoms with Crippen molar-refractivity contribution < 1.29 is 13.2 Å². The first-order chi connectivity index (χ1) is 15.1. The molecule has 3 rings (SSSR count). The Bertz CT molecular complexity index is 1220. The number of amides is 1. The van der Waals surface area contributed by atoms with Crippen LogP contribution in [0.5, 0.6) is 0 Å². The highest BCUT2D eigenvalue weighted by Crippen LogP contribution is 2.26. The van der Waals surface area contributed by atoms with Gasteiger partial charge in [0.15, 0.2) is 0 Å². The van der Waals surface area contributed by atoms with Crippen molar-refractivity contribution in [3.8, 4) is 0 Å². The Hall–Kier alpha value is -2.83. The zero-order valence-corrected chi connectivity index (χ0v) is 20.2. The standard InChI is InChI=1S/C25H27ClN2O3S/c1-17-8-11-23(12-9-17)32(30,31)28(22-7-5-6-21(26)15-22)16-25(29)27-20(4)24-13-10-18(2)14-19(24)3/h5-15,20H,16H2,1-4H3,(H,27,29)/t20-/m1/s1. The Kier molecular flexibility index (Phi) is 7.26. The van der Waals surface area contributed by atoms with Crippen LogP contribution >= 0.6 is 11.6 Å². The molecule has 0 saturated carbocycles. The molecule has 0 aromatic heterocycles. The van der Waals surface area contributed by atoms with Crippen LogP contribution in [0.2, 0.25) is 5.02 Å². The number of rotatable bonds is 7. The van der Waals surface area contributed by atoms with Crippen molar-refractivity contribution in [1.29, 1.82) is 0 Å². The Morgan fingerprint density at radius 2 is 1.62 bits per heavy atom. The van der Waals surface area contributed by atoms with E-state index in [0.29, 0.717) is 10.7 Å². The van der Waals surface area contributed by atoms with E-state index in [9.17, 15) is 13.2 Å². The number of nitrogens with one attached hydrogen (secondary N) is 1. The van der Waals surface area contributed by atoms with E-state index in [-0.39, 0.29) is 17.5 Å². The minimum Gasteiger partial charge on any atom is -0.348 e. The van der Waals surface area contributed by atoms with Crippen molar-refractivity contribution in [3.05, 3.63) is 94.0 Å². The number of carbonyl (C=O) groups excluding carboxylic acids is 1. The maximum atomic E-state index is 13.4. The van der Waals surface area contributed by atoms with Gasteiger partial charge in [-0.15, -0.1) is 0 Å². The molecule has 0 aliphatic heterocycles. The van der Waals surface area contributed by atoms with E-state index in [1.165, 1.54) is 6.07 Å². The molecule has 0 saturated heterocycles. The van der Waals surface area contributed by atoms with Crippen molar-refractivity contribution in [2.75, 3.05) is 10.8 Å². The molecule has 1 N–H and O–H groups in total. The molecule has 0 unspecified atom stereocenters. The third-order valence-corrected chi connectivity index (χ3v) is 7.28. The number of anilines is 1. The van der Waals surface area contributed by atoms with E-state index in [4.69, 9.17) is 11.6 Å². The largest absolute Gasteiger partial charge is 0.348 e. The summed E-state index contributed by atoms with van der Waals surface area (Å²) in [6, 6.07) is 18.8. The fourth-order valence-corrected chi connectivity index (χ4v) is 5.19. The molecule has 1 amide bonds. The fraction of sp³-hybridized carbons (Fsp3) is 0.240. The molecule has 0 aliphatic rings. The Morgan fingerprint density at radius 3 is 2.25 bits per heavy atom. The van der Waals surface area contributed by atoms with Gasteiger partial charge >= 0.3 is 0 Å². The molecule has 0 heterocycles. The van der Waals surface area contributed by atoms with Crippen molar-refractivity contribution in [2.45, 2.75) is 38.6 Å². The summed E-state index contributed by atoms with van der Waals surface area (Å²) in [4.78, 5) is 13.1. The number of carbonyl (C=O) groups is 1. The van der Waals surface area contributed by atoms with Gasteiger partial charge in [-0.1, -0.05) is 59.1 Å². The van der Waals surface area contributed by atoms with Crippen LogP contribution in [0.1, 0.15) is 35.2 Å². The van der Waals surface area contributed by atoms with Crippen molar-refractivity contribution >= 4 is 33.2 Å². The van der Waals surface area contributed by atoms with E-state index in [2.05, 4.69) is 11.4 Å². The summed E-state index contributed by atoms with van der Waals surface area (Å²) in [5, 5.41) is 3.31. The van der Waals surface area contributed by atoms with Crippen LogP contribution < -0.4 is 9.62 Å². The van der Waals surface area contributed by atoms with Crippen LogP contribution in [0.25, 0.3) is 0 Å². The van der Waals surface area contributed by atoms with Crippen molar-refractivity contribution in [1.82, 2.24) is 5.32 Å². The molecular weight excluding hydrogens is 444 g/mol. The van der Waals surface area contributed by atoms with Crippen LogP contribution in [-0.4, -0.2) is 20.9 Å². The predicted molar refractivity (Wildman–Crippen MR) is 130 cm³/mol. The van der Waals surface area contributed by atoms with Gasteiger partial charge in [0, 0.05) is 5.02 Å². The lowest BCUT2D eigenvalue weighted by Crippen LogP contribution is -2.41. The molecule has 168 valence electrons. The molecule has 7 heteroatoms. The third-order valence-electron chi connectivity index (χ3n) is 5.26. The summed E-state index contributed by atoms with van der Waals surface area (Å²) in [5.41, 5.74) is 4.46. The zero-order valence-electron chi connectivity index (χ0n) is 18.6. The second-order valence-electron chi connectivity index (χ2n) is 7.95. The van der Waals surface area contributed by atoms with E-state index >= 15 is 0 Å². The van der Waals surface area contributed by atoms with E-state index in [1.54, 1.807) is 42.5 Å². The molecular formula is C25H27ClN2O3S. The number of halogens is 1. The number of sulfonamides is 1. The average Bonchev–Trinajstić information content (AvgIpc) is 2.72. The maximum Gasteiger partial charge on any atom is 0.264 e. The molecule has 3 aromatic carbocycles. The molecule has 0 spiro atoms. The normalized spacial score (nSPS) is 12.3. The zero-order chi connectivity index (χ0) is 23.5. The molecule has 0 radical (unpaired) electrons. The smallest absolute Gasteiger partial charge is 0.264 e. The summed E-state index contributed by atoms with van der Waals surface area (Å²) < 4.78 is 28.0. The Morgan fingerprint density at radius 1 is 0.969 bits per heavy atom. The van der Waals surface area contributed by atoms with Gasteiger partial charge in [0.05, 0.1) is 16.6 Å². The maximum absolute atomic E-state index is 13.4. The third kappa shape index (κ3) is 5.50. The molecule has 3 aromatic rings. The van der Waals surface area contributed by atoms with E-state index in [1.807, 2.05) is 39.8 Å². The molecule has 1 atom stereocenters. The summed E-state index contributed by atoms with van der Waals surface area (Å²) in [5.74, 6) is -0.409. The number of benzene rings is 3. The monoisotopic (exact) mass is 470 g/mol. The van der Waals surface area contributed by atoms with Crippen LogP contribution in [0.3, 0.4) is 0 Å². The highest BCUT2D eigenvalue weighted by Gasteiger charge is 2.28. The second kappa shape index (κ2) is 9.76. The quantitative estimate of drug-likeness (QED) is 0.507. The summed E-state index contributed by atoms with van der Waals surface area (Å²) >= 11 is 6.11. The first-order valence-electron chi connectivity index (χ1n) is 10.3. The lowest BCUT2D eigenvalue weighted by Gasteiger charge is -2.25. The fourth-order valence-electron chi connectivity index (χ4n) is 3.59. The van der Waals surface area contributed by atoms with Gasteiger partial charge < -0.3 is 5.32 Å².